The number of hydrogen-bond acceptors (Lipinski definition) is 2. The number of hydrogen-bond donors (Lipinski definition) is 2. The summed E-state index contributed by atoms with van der Waals surface area (Å²) in [6.07, 6.45) is -1.08. The minimum Gasteiger partial charge on any atom is -0.465 e. The van der Waals surface area contributed by atoms with E-state index in [4.69, 9.17) is 16.7 Å². The van der Waals surface area contributed by atoms with Crippen LogP contribution in [0.1, 0.15) is 15.9 Å². The van der Waals surface area contributed by atoms with Crippen molar-refractivity contribution < 1.29 is 14.7 Å². The molecule has 0 aromatic heterocycles. The molecular formula is C9H8ClNO3. The van der Waals surface area contributed by atoms with Gasteiger partial charge in [-0.15, -0.1) is 0 Å². The summed E-state index contributed by atoms with van der Waals surface area (Å²) in [5.41, 5.74) is 1.17. The predicted octanol–water partition coefficient (Wildman–Crippen LogP) is 1.83. The molecule has 0 fully saturated rings. The molecule has 0 aliphatic carbocycles. The van der Waals surface area contributed by atoms with Crippen molar-refractivity contribution >= 4 is 22.9 Å². The van der Waals surface area contributed by atoms with Crippen LogP contribution in [0, 0.1) is 0 Å². The molecule has 0 heterocycles. The van der Waals surface area contributed by atoms with Crippen molar-refractivity contribution in [3.8, 4) is 0 Å². The molecule has 0 saturated carbocycles. The first-order valence-corrected chi connectivity index (χ1v) is 4.23. The molecule has 0 bridgehead atoms. The number of rotatable bonds is 3. The van der Waals surface area contributed by atoms with E-state index in [0.29, 0.717) is 5.56 Å². The molecular weight excluding hydrogens is 206 g/mol. The average molecular weight is 214 g/mol. The van der Waals surface area contributed by atoms with E-state index in [1.807, 2.05) is 0 Å². The van der Waals surface area contributed by atoms with E-state index < -0.39 is 11.3 Å². The van der Waals surface area contributed by atoms with Gasteiger partial charge in [0.05, 0.1) is 0 Å². The number of nitrogens with one attached hydrogen (secondary N) is 1. The Morgan fingerprint density at radius 3 is 2.29 bits per heavy atom. The highest BCUT2D eigenvalue weighted by Crippen LogP contribution is 2.06. The molecule has 5 heteroatoms. The van der Waals surface area contributed by atoms with Crippen LogP contribution in [0.25, 0.3) is 0 Å². The fraction of sp³-hybridized carbons (Fsp3) is 0.111. The van der Waals surface area contributed by atoms with E-state index in [1.54, 1.807) is 24.3 Å². The van der Waals surface area contributed by atoms with Gasteiger partial charge < -0.3 is 10.4 Å². The van der Waals surface area contributed by atoms with Crippen LogP contribution >= 0.6 is 11.6 Å². The maximum absolute atomic E-state index is 10.7. The van der Waals surface area contributed by atoms with E-state index >= 15 is 0 Å². The van der Waals surface area contributed by atoms with Gasteiger partial charge in [-0.05, 0) is 29.3 Å². The summed E-state index contributed by atoms with van der Waals surface area (Å²) in [6, 6.07) is 6.39. The van der Waals surface area contributed by atoms with Gasteiger partial charge in [0.25, 0.3) is 5.24 Å². The van der Waals surface area contributed by atoms with Crippen molar-refractivity contribution in [2.24, 2.45) is 0 Å². The third-order valence-corrected chi connectivity index (χ3v) is 1.84. The zero-order valence-electron chi connectivity index (χ0n) is 7.16. The Morgan fingerprint density at radius 2 is 1.86 bits per heavy atom. The summed E-state index contributed by atoms with van der Waals surface area (Å²) in [5.74, 6) is 0. The van der Waals surface area contributed by atoms with Gasteiger partial charge in [0.1, 0.15) is 0 Å². The monoisotopic (exact) mass is 213 g/mol. The van der Waals surface area contributed by atoms with Gasteiger partial charge in [0, 0.05) is 12.1 Å². The van der Waals surface area contributed by atoms with Crippen LogP contribution in [0.2, 0.25) is 0 Å². The first-order chi connectivity index (χ1) is 6.59. The normalized spacial score (nSPS) is 9.50. The fourth-order valence-electron chi connectivity index (χ4n) is 0.931. The average Bonchev–Trinajstić information content (AvgIpc) is 2.15. The molecule has 14 heavy (non-hydrogen) atoms. The molecule has 0 aliphatic heterocycles. The van der Waals surface area contributed by atoms with E-state index in [-0.39, 0.29) is 6.54 Å². The minimum absolute atomic E-state index is 0.214. The lowest BCUT2D eigenvalue weighted by molar-refractivity contribution is 0.108. The SMILES string of the molecule is O=C(O)NCc1ccc(C(=O)Cl)cc1. The quantitative estimate of drug-likeness (QED) is 0.753. The summed E-state index contributed by atoms with van der Waals surface area (Å²) in [5, 5.41) is 10.0. The van der Waals surface area contributed by atoms with Gasteiger partial charge in [0.2, 0.25) is 0 Å². The second kappa shape index (κ2) is 4.62. The number of amides is 1. The Hall–Kier alpha value is -1.55. The van der Waals surface area contributed by atoms with Gasteiger partial charge in [-0.2, -0.15) is 0 Å². The van der Waals surface area contributed by atoms with Crippen molar-refractivity contribution in [2.75, 3.05) is 0 Å². The highest BCUT2D eigenvalue weighted by Gasteiger charge is 2.01. The second-order valence-electron chi connectivity index (χ2n) is 2.63. The van der Waals surface area contributed by atoms with Gasteiger partial charge in [-0.25, -0.2) is 4.79 Å². The number of carbonyl (C=O) groups is 2. The van der Waals surface area contributed by atoms with Crippen LogP contribution in [0.5, 0.6) is 0 Å². The predicted molar refractivity (Wildman–Crippen MR) is 51.5 cm³/mol. The summed E-state index contributed by atoms with van der Waals surface area (Å²) < 4.78 is 0. The molecule has 2 N–H and O–H groups in total. The Labute approximate surface area is 85.5 Å². The molecule has 0 radical (unpaired) electrons. The first-order valence-electron chi connectivity index (χ1n) is 3.85. The first kappa shape index (κ1) is 10.5. The van der Waals surface area contributed by atoms with Crippen molar-refractivity contribution in [2.45, 2.75) is 6.54 Å². The standard InChI is InChI=1S/C9H8ClNO3/c10-8(12)7-3-1-6(2-4-7)5-11-9(13)14/h1-4,11H,5H2,(H,13,14). The van der Waals surface area contributed by atoms with Gasteiger partial charge in [-0.3, -0.25) is 4.79 Å². The molecule has 1 rings (SSSR count). The van der Waals surface area contributed by atoms with Gasteiger partial charge in [-0.1, -0.05) is 12.1 Å². The third-order valence-electron chi connectivity index (χ3n) is 1.62. The molecule has 0 unspecified atom stereocenters. The lowest BCUT2D eigenvalue weighted by atomic mass is 10.1. The Balaban J connectivity index is 2.64. The third kappa shape index (κ3) is 3.06. The molecule has 0 saturated heterocycles. The van der Waals surface area contributed by atoms with E-state index in [2.05, 4.69) is 5.32 Å². The molecule has 0 spiro atoms. The molecule has 0 aliphatic rings. The van der Waals surface area contributed by atoms with Gasteiger partial charge in [0.15, 0.2) is 0 Å². The summed E-state index contributed by atoms with van der Waals surface area (Å²) in [7, 11) is 0. The summed E-state index contributed by atoms with van der Waals surface area (Å²) in [4.78, 5) is 20.8. The molecule has 4 nitrogen and oxygen atoms in total. The topological polar surface area (TPSA) is 66.4 Å². The zero-order chi connectivity index (χ0) is 10.6. The minimum atomic E-state index is -1.08. The van der Waals surface area contributed by atoms with Crippen molar-refractivity contribution in [3.63, 3.8) is 0 Å². The lowest BCUT2D eigenvalue weighted by Crippen LogP contribution is -2.19. The molecule has 1 amide bonds. The van der Waals surface area contributed by atoms with Crippen molar-refractivity contribution in [3.05, 3.63) is 35.4 Å². The Morgan fingerprint density at radius 1 is 1.29 bits per heavy atom. The maximum atomic E-state index is 10.7. The molecule has 1 aromatic carbocycles. The Kier molecular flexibility index (Phi) is 3.48. The number of carbonyl (C=O) groups excluding carboxylic acids is 1. The number of benzene rings is 1. The fourth-order valence-corrected chi connectivity index (χ4v) is 1.06. The van der Waals surface area contributed by atoms with Crippen LogP contribution in [-0.2, 0) is 6.54 Å². The second-order valence-corrected chi connectivity index (χ2v) is 2.97. The lowest BCUT2D eigenvalue weighted by Gasteiger charge is -2.01. The van der Waals surface area contributed by atoms with Crippen molar-refractivity contribution in [1.82, 2.24) is 5.32 Å². The highest BCUT2D eigenvalue weighted by atomic mass is 35.5. The summed E-state index contributed by atoms with van der Waals surface area (Å²) >= 11 is 5.23. The van der Waals surface area contributed by atoms with Crippen LogP contribution < -0.4 is 5.32 Å². The summed E-state index contributed by atoms with van der Waals surface area (Å²) in [6.45, 7) is 0.214. The molecule has 0 atom stereocenters. The Bertz CT molecular complexity index is 348. The number of halogens is 1. The van der Waals surface area contributed by atoms with E-state index in [1.165, 1.54) is 0 Å². The zero-order valence-corrected chi connectivity index (χ0v) is 7.91. The van der Waals surface area contributed by atoms with E-state index in [0.717, 1.165) is 5.56 Å². The highest BCUT2D eigenvalue weighted by molar-refractivity contribution is 6.67. The molecule has 74 valence electrons. The smallest absolute Gasteiger partial charge is 0.404 e. The largest absolute Gasteiger partial charge is 0.465 e. The molecule has 1 aromatic rings. The van der Waals surface area contributed by atoms with Crippen LogP contribution in [-0.4, -0.2) is 16.4 Å². The number of carboxylic acid groups (broad SMARTS) is 1. The van der Waals surface area contributed by atoms with Crippen LogP contribution in [0.3, 0.4) is 0 Å². The van der Waals surface area contributed by atoms with E-state index in [9.17, 15) is 9.59 Å². The van der Waals surface area contributed by atoms with Crippen LogP contribution in [0.15, 0.2) is 24.3 Å². The van der Waals surface area contributed by atoms with Crippen molar-refractivity contribution in [1.29, 1.82) is 0 Å². The van der Waals surface area contributed by atoms with Gasteiger partial charge >= 0.3 is 6.09 Å². The van der Waals surface area contributed by atoms with Crippen LogP contribution in [0.4, 0.5) is 4.79 Å². The maximum Gasteiger partial charge on any atom is 0.404 e.